The normalized spacial score (nSPS) is 10.5. The summed E-state index contributed by atoms with van der Waals surface area (Å²) in [6.07, 6.45) is 0. The molecule has 0 radical (unpaired) electrons. The van der Waals surface area contributed by atoms with Crippen LogP contribution in [0.5, 0.6) is 0 Å². The van der Waals surface area contributed by atoms with Crippen molar-refractivity contribution in [3.05, 3.63) is 19.8 Å². The standard InChI is InChI=1S/C6H2BrIN2OS/c7-3-1-2-12-4(3)5-9-6(8)10-11-5/h1-2H. The van der Waals surface area contributed by atoms with Crippen LogP contribution in [0.4, 0.5) is 0 Å². The number of aromatic nitrogens is 2. The molecular formula is C6H2BrIN2OS. The van der Waals surface area contributed by atoms with E-state index in [1.807, 2.05) is 34.0 Å². The van der Waals surface area contributed by atoms with Crippen LogP contribution in [0.3, 0.4) is 0 Å². The zero-order valence-corrected chi connectivity index (χ0v) is 10.2. The topological polar surface area (TPSA) is 38.9 Å². The van der Waals surface area contributed by atoms with E-state index in [4.69, 9.17) is 4.52 Å². The first kappa shape index (κ1) is 8.64. The van der Waals surface area contributed by atoms with E-state index in [9.17, 15) is 0 Å². The summed E-state index contributed by atoms with van der Waals surface area (Å²) in [4.78, 5) is 5.08. The molecule has 12 heavy (non-hydrogen) atoms. The Morgan fingerprint density at radius 3 is 2.92 bits per heavy atom. The lowest BCUT2D eigenvalue weighted by atomic mass is 10.5. The molecule has 62 valence electrons. The van der Waals surface area contributed by atoms with Crippen LogP contribution in [0, 0.1) is 3.83 Å². The molecule has 0 saturated heterocycles. The van der Waals surface area contributed by atoms with Crippen molar-refractivity contribution in [2.75, 3.05) is 0 Å². The average Bonchev–Trinajstić information content (AvgIpc) is 2.58. The second-order valence-electron chi connectivity index (χ2n) is 1.97. The van der Waals surface area contributed by atoms with E-state index in [0.29, 0.717) is 9.72 Å². The Kier molecular flexibility index (Phi) is 2.47. The number of hydrogen-bond acceptors (Lipinski definition) is 4. The summed E-state index contributed by atoms with van der Waals surface area (Å²) in [6, 6.07) is 1.96. The van der Waals surface area contributed by atoms with Crippen LogP contribution in [0.15, 0.2) is 20.4 Å². The Labute approximate surface area is 94.4 Å². The smallest absolute Gasteiger partial charge is 0.269 e. The fourth-order valence-electron chi connectivity index (χ4n) is 0.744. The van der Waals surface area contributed by atoms with Gasteiger partial charge in [0.2, 0.25) is 3.83 Å². The van der Waals surface area contributed by atoms with Crippen LogP contribution in [-0.2, 0) is 0 Å². The van der Waals surface area contributed by atoms with Gasteiger partial charge in [0, 0.05) is 27.1 Å². The first-order valence-electron chi connectivity index (χ1n) is 3.00. The summed E-state index contributed by atoms with van der Waals surface area (Å²) in [5.74, 6) is 0.571. The van der Waals surface area contributed by atoms with Gasteiger partial charge in [-0.15, -0.1) is 11.3 Å². The molecule has 0 aliphatic heterocycles. The van der Waals surface area contributed by atoms with Crippen molar-refractivity contribution in [2.24, 2.45) is 0 Å². The summed E-state index contributed by atoms with van der Waals surface area (Å²) in [6.45, 7) is 0. The van der Waals surface area contributed by atoms with E-state index in [-0.39, 0.29) is 0 Å². The molecule has 6 heteroatoms. The number of thiophene rings is 1. The van der Waals surface area contributed by atoms with E-state index in [0.717, 1.165) is 9.35 Å². The molecule has 0 aliphatic carbocycles. The predicted octanol–water partition coefficient (Wildman–Crippen LogP) is 3.17. The third-order valence-electron chi connectivity index (χ3n) is 1.21. The van der Waals surface area contributed by atoms with Crippen molar-refractivity contribution >= 4 is 49.9 Å². The van der Waals surface area contributed by atoms with Gasteiger partial charge in [0.15, 0.2) is 0 Å². The van der Waals surface area contributed by atoms with Crippen LogP contribution < -0.4 is 0 Å². The van der Waals surface area contributed by atoms with Gasteiger partial charge < -0.3 is 4.52 Å². The number of hydrogen-bond donors (Lipinski definition) is 0. The van der Waals surface area contributed by atoms with Gasteiger partial charge in [-0.2, -0.15) is 4.98 Å². The van der Waals surface area contributed by atoms with Gasteiger partial charge in [0.05, 0.1) is 0 Å². The summed E-state index contributed by atoms with van der Waals surface area (Å²) < 4.78 is 6.62. The zero-order valence-electron chi connectivity index (χ0n) is 5.62. The van der Waals surface area contributed by atoms with Crippen molar-refractivity contribution in [2.45, 2.75) is 0 Å². The highest BCUT2D eigenvalue weighted by atomic mass is 127. The fraction of sp³-hybridized carbons (Fsp3) is 0. The van der Waals surface area contributed by atoms with Gasteiger partial charge in [0.1, 0.15) is 4.88 Å². The van der Waals surface area contributed by atoms with Crippen LogP contribution in [0.2, 0.25) is 0 Å². The largest absolute Gasteiger partial charge is 0.332 e. The van der Waals surface area contributed by atoms with E-state index in [1.54, 1.807) is 11.3 Å². The van der Waals surface area contributed by atoms with Crippen molar-refractivity contribution < 1.29 is 4.52 Å². The maximum Gasteiger partial charge on any atom is 0.269 e. The minimum Gasteiger partial charge on any atom is -0.332 e. The first-order valence-corrected chi connectivity index (χ1v) is 5.75. The molecule has 2 aromatic rings. The molecule has 3 nitrogen and oxygen atoms in total. The second kappa shape index (κ2) is 3.43. The SMILES string of the molecule is Brc1ccsc1-c1nc(I)no1. The van der Waals surface area contributed by atoms with Crippen LogP contribution in [-0.4, -0.2) is 10.1 Å². The average molecular weight is 357 g/mol. The zero-order chi connectivity index (χ0) is 8.55. The second-order valence-corrected chi connectivity index (χ2v) is 4.70. The Morgan fingerprint density at radius 1 is 1.58 bits per heavy atom. The molecular weight excluding hydrogens is 355 g/mol. The minimum absolute atomic E-state index is 0.571. The predicted molar refractivity (Wildman–Crippen MR) is 58.0 cm³/mol. The summed E-state index contributed by atoms with van der Waals surface area (Å²) in [5, 5.41) is 5.67. The lowest BCUT2D eigenvalue weighted by Crippen LogP contribution is -1.72. The minimum atomic E-state index is 0.571. The number of halogens is 2. The van der Waals surface area contributed by atoms with Gasteiger partial charge >= 0.3 is 0 Å². The highest BCUT2D eigenvalue weighted by Crippen LogP contribution is 2.32. The monoisotopic (exact) mass is 356 g/mol. The van der Waals surface area contributed by atoms with E-state index >= 15 is 0 Å². The number of nitrogens with zero attached hydrogens (tertiary/aromatic N) is 2. The van der Waals surface area contributed by atoms with Crippen LogP contribution >= 0.6 is 49.9 Å². The lowest BCUT2D eigenvalue weighted by molar-refractivity contribution is 0.426. The molecule has 2 aromatic heterocycles. The van der Waals surface area contributed by atoms with E-state index in [1.165, 1.54) is 0 Å². The highest BCUT2D eigenvalue weighted by molar-refractivity contribution is 14.1. The van der Waals surface area contributed by atoms with E-state index in [2.05, 4.69) is 26.1 Å². The maximum absolute atomic E-state index is 5.00. The highest BCUT2D eigenvalue weighted by Gasteiger charge is 2.11. The Bertz CT molecular complexity index is 400. The third kappa shape index (κ3) is 1.55. The van der Waals surface area contributed by atoms with Crippen molar-refractivity contribution in [1.29, 1.82) is 0 Å². The summed E-state index contributed by atoms with van der Waals surface area (Å²) in [5.41, 5.74) is 0. The maximum atomic E-state index is 5.00. The molecule has 0 spiro atoms. The molecule has 0 amide bonds. The Morgan fingerprint density at radius 2 is 2.42 bits per heavy atom. The summed E-state index contributed by atoms with van der Waals surface area (Å²) in [7, 11) is 0. The third-order valence-corrected chi connectivity index (χ3v) is 3.48. The lowest BCUT2D eigenvalue weighted by Gasteiger charge is -1.86. The van der Waals surface area contributed by atoms with Gasteiger partial charge in [-0.05, 0) is 27.4 Å². The van der Waals surface area contributed by atoms with Gasteiger partial charge in [-0.3, -0.25) is 0 Å². The van der Waals surface area contributed by atoms with Crippen molar-refractivity contribution in [1.82, 2.24) is 10.1 Å². The van der Waals surface area contributed by atoms with Gasteiger partial charge in [-0.1, -0.05) is 5.16 Å². The first-order chi connectivity index (χ1) is 5.77. The van der Waals surface area contributed by atoms with Crippen molar-refractivity contribution in [3.63, 3.8) is 0 Å². The molecule has 2 rings (SSSR count). The molecule has 0 fully saturated rings. The molecule has 0 atom stereocenters. The van der Waals surface area contributed by atoms with Crippen LogP contribution in [0.25, 0.3) is 10.8 Å². The fourth-order valence-corrected chi connectivity index (χ4v) is 2.52. The molecule has 0 saturated carbocycles. The Balaban J connectivity index is 2.50. The molecule has 0 aliphatic rings. The Hall–Kier alpha value is 0.0500. The summed E-state index contributed by atoms with van der Waals surface area (Å²) >= 11 is 6.97. The quantitative estimate of drug-likeness (QED) is 0.737. The number of rotatable bonds is 1. The van der Waals surface area contributed by atoms with Gasteiger partial charge in [0.25, 0.3) is 5.89 Å². The van der Waals surface area contributed by atoms with Crippen molar-refractivity contribution in [3.8, 4) is 10.8 Å². The molecule has 0 aromatic carbocycles. The molecule has 0 N–H and O–H groups in total. The molecule has 0 bridgehead atoms. The van der Waals surface area contributed by atoms with Crippen LogP contribution in [0.1, 0.15) is 0 Å². The molecule has 2 heterocycles. The van der Waals surface area contributed by atoms with Gasteiger partial charge in [-0.25, -0.2) is 0 Å². The molecule has 0 unspecified atom stereocenters. The van der Waals surface area contributed by atoms with E-state index < -0.39 is 0 Å².